The van der Waals surface area contributed by atoms with Crippen molar-refractivity contribution in [3.63, 3.8) is 0 Å². The van der Waals surface area contributed by atoms with Gasteiger partial charge in [0.05, 0.1) is 4.90 Å². The molecule has 1 fully saturated rings. The maximum absolute atomic E-state index is 13.1. The Morgan fingerprint density at radius 1 is 1.08 bits per heavy atom. The van der Waals surface area contributed by atoms with Gasteiger partial charge in [-0.3, -0.25) is 0 Å². The summed E-state index contributed by atoms with van der Waals surface area (Å²) >= 11 is 0. The van der Waals surface area contributed by atoms with Crippen LogP contribution in [-0.2, 0) is 22.9 Å². The monoisotopic (exact) mass is 374 g/mol. The highest BCUT2D eigenvalue weighted by molar-refractivity contribution is 7.89. The SMILES string of the molecule is O=S(=O)(NCC1CCN(c2ccc(F)cc2)C1)c1ccc2c(c1)CCC2. The molecule has 138 valence electrons. The highest BCUT2D eigenvalue weighted by Gasteiger charge is 2.25. The Balaban J connectivity index is 1.37. The number of nitrogens with zero attached hydrogens (tertiary/aromatic N) is 1. The number of hydrogen-bond acceptors (Lipinski definition) is 3. The fourth-order valence-corrected chi connectivity index (χ4v) is 5.08. The van der Waals surface area contributed by atoms with Gasteiger partial charge in [0.15, 0.2) is 0 Å². The van der Waals surface area contributed by atoms with Crippen molar-refractivity contribution in [2.75, 3.05) is 24.5 Å². The molecule has 1 heterocycles. The zero-order chi connectivity index (χ0) is 18.1. The number of rotatable bonds is 5. The number of fused-ring (bicyclic) bond motifs is 1. The zero-order valence-electron chi connectivity index (χ0n) is 14.6. The van der Waals surface area contributed by atoms with Crippen LogP contribution >= 0.6 is 0 Å². The fourth-order valence-electron chi connectivity index (χ4n) is 3.91. The topological polar surface area (TPSA) is 49.4 Å². The molecule has 2 aromatic rings. The summed E-state index contributed by atoms with van der Waals surface area (Å²) in [4.78, 5) is 2.54. The summed E-state index contributed by atoms with van der Waals surface area (Å²) in [5.74, 6) is 0.0101. The first-order valence-corrected chi connectivity index (χ1v) is 10.6. The maximum Gasteiger partial charge on any atom is 0.240 e. The summed E-state index contributed by atoms with van der Waals surface area (Å²) in [6.45, 7) is 2.06. The predicted molar refractivity (Wildman–Crippen MR) is 100 cm³/mol. The number of anilines is 1. The summed E-state index contributed by atoms with van der Waals surface area (Å²) in [7, 11) is -3.48. The molecule has 0 spiro atoms. The van der Waals surface area contributed by atoms with Crippen LogP contribution in [0.25, 0.3) is 0 Å². The molecule has 0 amide bonds. The van der Waals surface area contributed by atoms with E-state index in [2.05, 4.69) is 9.62 Å². The maximum atomic E-state index is 13.1. The summed E-state index contributed by atoms with van der Waals surface area (Å²) in [6, 6.07) is 11.9. The van der Waals surface area contributed by atoms with Gasteiger partial charge in [-0.05, 0) is 79.1 Å². The lowest BCUT2D eigenvalue weighted by Gasteiger charge is -2.19. The van der Waals surface area contributed by atoms with Crippen LogP contribution in [0.4, 0.5) is 10.1 Å². The third-order valence-electron chi connectivity index (χ3n) is 5.42. The second kappa shape index (κ2) is 7.00. The number of sulfonamides is 1. The molecule has 0 saturated carbocycles. The van der Waals surface area contributed by atoms with Crippen LogP contribution in [-0.4, -0.2) is 28.1 Å². The number of halogens is 1. The molecule has 1 unspecified atom stereocenters. The molecule has 1 saturated heterocycles. The standard InChI is InChI=1S/C20H23FN2O2S/c21-18-5-7-19(8-6-18)23-11-10-15(14-23)13-22-26(24,25)20-9-4-16-2-1-3-17(16)12-20/h4-9,12,15,22H,1-3,10-11,13-14H2. The van der Waals surface area contributed by atoms with Gasteiger partial charge >= 0.3 is 0 Å². The predicted octanol–water partition coefficient (Wildman–Crippen LogP) is 3.12. The van der Waals surface area contributed by atoms with Crippen LogP contribution < -0.4 is 9.62 Å². The van der Waals surface area contributed by atoms with E-state index in [-0.39, 0.29) is 11.7 Å². The number of aryl methyl sites for hydroxylation is 2. The van der Waals surface area contributed by atoms with Crippen molar-refractivity contribution >= 4 is 15.7 Å². The summed E-state index contributed by atoms with van der Waals surface area (Å²) in [5.41, 5.74) is 3.42. The van der Waals surface area contributed by atoms with E-state index < -0.39 is 10.0 Å². The molecule has 1 atom stereocenters. The number of nitrogens with one attached hydrogen (secondary N) is 1. The highest BCUT2D eigenvalue weighted by atomic mass is 32.2. The van der Waals surface area contributed by atoms with Crippen molar-refractivity contribution in [2.24, 2.45) is 5.92 Å². The van der Waals surface area contributed by atoms with Crippen molar-refractivity contribution in [3.8, 4) is 0 Å². The van der Waals surface area contributed by atoms with Gasteiger partial charge in [0.25, 0.3) is 0 Å². The Kier molecular flexibility index (Phi) is 4.71. The van der Waals surface area contributed by atoms with Gasteiger partial charge < -0.3 is 4.90 Å². The van der Waals surface area contributed by atoms with E-state index >= 15 is 0 Å². The Bertz CT molecular complexity index is 897. The van der Waals surface area contributed by atoms with Crippen molar-refractivity contribution in [2.45, 2.75) is 30.6 Å². The van der Waals surface area contributed by atoms with Crippen molar-refractivity contribution in [3.05, 3.63) is 59.4 Å². The van der Waals surface area contributed by atoms with Gasteiger partial charge in [-0.25, -0.2) is 17.5 Å². The summed E-state index contributed by atoms with van der Waals surface area (Å²) < 4.78 is 41.0. The second-order valence-electron chi connectivity index (χ2n) is 7.21. The van der Waals surface area contributed by atoms with Crippen LogP contribution in [0.15, 0.2) is 47.4 Å². The second-order valence-corrected chi connectivity index (χ2v) is 8.98. The Morgan fingerprint density at radius 3 is 2.65 bits per heavy atom. The van der Waals surface area contributed by atoms with Gasteiger partial charge in [-0.1, -0.05) is 6.07 Å². The van der Waals surface area contributed by atoms with E-state index in [1.165, 1.54) is 17.7 Å². The van der Waals surface area contributed by atoms with Crippen molar-refractivity contribution in [1.29, 1.82) is 0 Å². The van der Waals surface area contributed by atoms with Crippen molar-refractivity contribution in [1.82, 2.24) is 4.72 Å². The first-order chi connectivity index (χ1) is 12.5. The minimum Gasteiger partial charge on any atom is -0.371 e. The molecule has 4 rings (SSSR count). The first kappa shape index (κ1) is 17.5. The normalized spacial score (nSPS) is 19.7. The van der Waals surface area contributed by atoms with E-state index in [4.69, 9.17) is 0 Å². The van der Waals surface area contributed by atoms with Gasteiger partial charge in [0.2, 0.25) is 10.0 Å². The van der Waals surface area contributed by atoms with E-state index in [1.54, 1.807) is 18.2 Å². The fraction of sp³-hybridized carbons (Fsp3) is 0.400. The molecule has 0 aromatic heterocycles. The van der Waals surface area contributed by atoms with Gasteiger partial charge in [-0.2, -0.15) is 0 Å². The number of hydrogen-bond donors (Lipinski definition) is 1. The van der Waals surface area contributed by atoms with Crippen LogP contribution in [0.2, 0.25) is 0 Å². The van der Waals surface area contributed by atoms with E-state index in [1.807, 2.05) is 12.1 Å². The van der Waals surface area contributed by atoms with Crippen LogP contribution in [0.1, 0.15) is 24.0 Å². The molecule has 0 radical (unpaired) electrons. The van der Waals surface area contributed by atoms with Gasteiger partial charge in [0, 0.05) is 25.3 Å². The Labute approximate surface area is 154 Å². The minimum atomic E-state index is -3.48. The molecule has 6 heteroatoms. The summed E-state index contributed by atoms with van der Waals surface area (Å²) in [6.07, 6.45) is 4.04. The molecular formula is C20H23FN2O2S. The molecule has 2 aliphatic rings. The molecule has 4 nitrogen and oxygen atoms in total. The average molecular weight is 374 g/mol. The van der Waals surface area contributed by atoms with E-state index in [9.17, 15) is 12.8 Å². The summed E-state index contributed by atoms with van der Waals surface area (Å²) in [5, 5.41) is 0. The molecule has 1 N–H and O–H groups in total. The molecule has 26 heavy (non-hydrogen) atoms. The lowest BCUT2D eigenvalue weighted by molar-refractivity contribution is 0.541. The van der Waals surface area contributed by atoms with Crippen LogP contribution in [0.3, 0.4) is 0 Å². The quantitative estimate of drug-likeness (QED) is 0.875. The largest absolute Gasteiger partial charge is 0.371 e. The van der Waals surface area contributed by atoms with Crippen LogP contribution in [0, 0.1) is 11.7 Å². The van der Waals surface area contributed by atoms with Gasteiger partial charge in [-0.15, -0.1) is 0 Å². The smallest absolute Gasteiger partial charge is 0.240 e. The number of benzene rings is 2. The Morgan fingerprint density at radius 2 is 1.85 bits per heavy atom. The zero-order valence-corrected chi connectivity index (χ0v) is 15.4. The molecular weight excluding hydrogens is 351 g/mol. The van der Waals surface area contributed by atoms with Gasteiger partial charge in [0.1, 0.15) is 5.82 Å². The van der Waals surface area contributed by atoms with E-state index in [0.717, 1.165) is 50.0 Å². The Hall–Kier alpha value is -1.92. The third-order valence-corrected chi connectivity index (χ3v) is 6.84. The first-order valence-electron chi connectivity index (χ1n) is 9.13. The lowest BCUT2D eigenvalue weighted by Crippen LogP contribution is -2.31. The average Bonchev–Trinajstić information content (AvgIpc) is 3.29. The molecule has 0 bridgehead atoms. The van der Waals surface area contributed by atoms with Crippen molar-refractivity contribution < 1.29 is 12.8 Å². The molecule has 1 aliphatic heterocycles. The minimum absolute atomic E-state index is 0.244. The molecule has 2 aromatic carbocycles. The van der Waals surface area contributed by atoms with Crippen LogP contribution in [0.5, 0.6) is 0 Å². The third kappa shape index (κ3) is 3.62. The lowest BCUT2D eigenvalue weighted by atomic mass is 10.1. The van der Waals surface area contributed by atoms with E-state index in [0.29, 0.717) is 11.4 Å². The highest BCUT2D eigenvalue weighted by Crippen LogP contribution is 2.26. The molecule has 1 aliphatic carbocycles.